The molecule has 0 aliphatic carbocycles. The quantitative estimate of drug-likeness (QED) is 0.675. The lowest BCUT2D eigenvalue weighted by Gasteiger charge is -2.16. The van der Waals surface area contributed by atoms with E-state index in [1.165, 1.54) is 23.1 Å². The van der Waals surface area contributed by atoms with Crippen molar-refractivity contribution in [2.75, 3.05) is 7.05 Å². The molecule has 1 heterocycles. The van der Waals surface area contributed by atoms with Gasteiger partial charge in [0.15, 0.2) is 0 Å². The summed E-state index contributed by atoms with van der Waals surface area (Å²) in [5.41, 5.74) is 2.05. The molecule has 3 rings (SSSR count). The molecule has 0 bridgehead atoms. The summed E-state index contributed by atoms with van der Waals surface area (Å²) >= 11 is 0. The average Bonchev–Trinajstić information content (AvgIpc) is 3.10. The summed E-state index contributed by atoms with van der Waals surface area (Å²) in [6.45, 7) is -2.59. The van der Waals surface area contributed by atoms with Crippen molar-refractivity contribution in [3.05, 3.63) is 78.1 Å². The van der Waals surface area contributed by atoms with Crippen molar-refractivity contribution in [3.8, 4) is 11.4 Å². The molecular formula is C19H17F2N3O2. The number of halogens is 2. The van der Waals surface area contributed by atoms with Crippen molar-refractivity contribution in [2.45, 2.75) is 13.2 Å². The maximum Gasteiger partial charge on any atom is 0.387 e. The van der Waals surface area contributed by atoms with Crippen LogP contribution < -0.4 is 4.74 Å². The van der Waals surface area contributed by atoms with Crippen LogP contribution in [-0.4, -0.2) is 34.2 Å². The van der Waals surface area contributed by atoms with E-state index in [1.54, 1.807) is 24.0 Å². The topological polar surface area (TPSA) is 47.4 Å². The summed E-state index contributed by atoms with van der Waals surface area (Å²) in [5.74, 6) is -0.340. The van der Waals surface area contributed by atoms with Crippen LogP contribution in [0.3, 0.4) is 0 Å². The number of benzene rings is 2. The zero-order valence-corrected chi connectivity index (χ0v) is 14.0. The van der Waals surface area contributed by atoms with Gasteiger partial charge in [-0.2, -0.15) is 13.9 Å². The van der Waals surface area contributed by atoms with Gasteiger partial charge in [-0.3, -0.25) is 4.79 Å². The van der Waals surface area contributed by atoms with Gasteiger partial charge in [-0.25, -0.2) is 4.68 Å². The normalized spacial score (nSPS) is 10.8. The molecule has 0 aliphatic rings. The second-order valence-electron chi connectivity index (χ2n) is 5.70. The molecular weight excluding hydrogens is 340 g/mol. The standard InChI is InChI=1S/C19H17F2N3O2/c1-23(18(25)15-6-5-9-17(10-15)26-19(20)21)12-14-11-22-24(13-14)16-7-3-2-4-8-16/h2-11,13,19H,12H2,1H3. The number of ether oxygens (including phenoxy) is 1. The van der Waals surface area contributed by atoms with Crippen molar-refractivity contribution in [3.63, 3.8) is 0 Å². The lowest BCUT2D eigenvalue weighted by Crippen LogP contribution is -2.26. The lowest BCUT2D eigenvalue weighted by molar-refractivity contribution is -0.0499. The van der Waals surface area contributed by atoms with Gasteiger partial charge in [0, 0.05) is 30.9 Å². The Bertz CT molecular complexity index is 881. The summed E-state index contributed by atoms with van der Waals surface area (Å²) in [7, 11) is 1.64. The molecule has 0 unspecified atom stereocenters. The molecule has 0 spiro atoms. The molecule has 134 valence electrons. The van der Waals surface area contributed by atoms with E-state index in [1.807, 2.05) is 36.5 Å². The Morgan fingerprint density at radius 3 is 2.69 bits per heavy atom. The average molecular weight is 357 g/mol. The molecule has 26 heavy (non-hydrogen) atoms. The van der Waals surface area contributed by atoms with Crippen LogP contribution in [0.2, 0.25) is 0 Å². The highest BCUT2D eigenvalue weighted by atomic mass is 19.3. The van der Waals surface area contributed by atoms with Crippen molar-refractivity contribution in [1.82, 2.24) is 14.7 Å². The molecule has 0 saturated carbocycles. The molecule has 7 heteroatoms. The van der Waals surface area contributed by atoms with E-state index in [-0.39, 0.29) is 17.2 Å². The van der Waals surface area contributed by atoms with Crippen LogP contribution in [0.4, 0.5) is 8.78 Å². The van der Waals surface area contributed by atoms with Gasteiger partial charge in [0.25, 0.3) is 5.91 Å². The number of amides is 1. The fourth-order valence-electron chi connectivity index (χ4n) is 2.54. The number of carbonyl (C=O) groups excluding carboxylic acids is 1. The number of aromatic nitrogens is 2. The number of rotatable bonds is 6. The predicted molar refractivity (Wildman–Crippen MR) is 92.4 cm³/mol. The number of alkyl halides is 2. The highest BCUT2D eigenvalue weighted by Gasteiger charge is 2.15. The largest absolute Gasteiger partial charge is 0.435 e. The van der Waals surface area contributed by atoms with Crippen molar-refractivity contribution in [1.29, 1.82) is 0 Å². The fourth-order valence-corrected chi connectivity index (χ4v) is 2.54. The van der Waals surface area contributed by atoms with Crippen molar-refractivity contribution >= 4 is 5.91 Å². The summed E-state index contributed by atoms with van der Waals surface area (Å²) in [4.78, 5) is 14.0. The molecule has 0 saturated heterocycles. The molecule has 0 fully saturated rings. The van der Waals surface area contributed by atoms with Gasteiger partial charge in [-0.05, 0) is 30.3 Å². The molecule has 0 radical (unpaired) electrons. The summed E-state index contributed by atoms with van der Waals surface area (Å²) in [6, 6.07) is 15.4. The molecule has 1 amide bonds. The number of hydrogen-bond acceptors (Lipinski definition) is 3. The van der Waals surface area contributed by atoms with Gasteiger partial charge in [0.1, 0.15) is 5.75 Å². The Labute approximate surface area is 149 Å². The molecule has 0 atom stereocenters. The van der Waals surface area contributed by atoms with Gasteiger partial charge < -0.3 is 9.64 Å². The number of hydrogen-bond donors (Lipinski definition) is 0. The van der Waals surface area contributed by atoms with Crippen LogP contribution in [0.5, 0.6) is 5.75 Å². The smallest absolute Gasteiger partial charge is 0.387 e. The summed E-state index contributed by atoms with van der Waals surface area (Å²) in [6.07, 6.45) is 3.53. The Hall–Kier alpha value is -3.22. The first kappa shape index (κ1) is 17.6. The third kappa shape index (κ3) is 4.24. The number of carbonyl (C=O) groups is 1. The second kappa shape index (κ2) is 7.77. The molecule has 1 aromatic heterocycles. The van der Waals surface area contributed by atoms with Crippen molar-refractivity contribution in [2.24, 2.45) is 0 Å². The summed E-state index contributed by atoms with van der Waals surface area (Å²) < 4.78 is 30.7. The first-order valence-corrected chi connectivity index (χ1v) is 7.92. The number of para-hydroxylation sites is 1. The maximum absolute atomic E-state index is 12.5. The van der Waals surface area contributed by atoms with Crippen LogP contribution in [0.15, 0.2) is 67.0 Å². The Kier molecular flexibility index (Phi) is 5.26. The van der Waals surface area contributed by atoms with Gasteiger partial charge in [0.2, 0.25) is 0 Å². The van der Waals surface area contributed by atoms with Gasteiger partial charge in [0.05, 0.1) is 11.9 Å². The van der Waals surface area contributed by atoms with Crippen LogP contribution >= 0.6 is 0 Å². The van der Waals surface area contributed by atoms with Gasteiger partial charge in [-0.1, -0.05) is 24.3 Å². The first-order chi connectivity index (χ1) is 12.5. The van der Waals surface area contributed by atoms with Crippen LogP contribution in [0.25, 0.3) is 5.69 Å². The minimum absolute atomic E-state index is 0.0452. The van der Waals surface area contributed by atoms with E-state index in [9.17, 15) is 13.6 Å². The second-order valence-corrected chi connectivity index (χ2v) is 5.70. The molecule has 5 nitrogen and oxygen atoms in total. The predicted octanol–water partition coefficient (Wildman–Crippen LogP) is 3.75. The number of nitrogens with zero attached hydrogens (tertiary/aromatic N) is 3. The van der Waals surface area contributed by atoms with Crippen LogP contribution in [-0.2, 0) is 6.54 Å². The van der Waals surface area contributed by atoms with E-state index in [2.05, 4.69) is 9.84 Å². The van der Waals surface area contributed by atoms with Crippen LogP contribution in [0, 0.1) is 0 Å². The highest BCUT2D eigenvalue weighted by Crippen LogP contribution is 2.18. The third-order valence-electron chi connectivity index (χ3n) is 3.73. The van der Waals surface area contributed by atoms with Gasteiger partial charge in [-0.15, -0.1) is 0 Å². The zero-order chi connectivity index (χ0) is 18.5. The third-order valence-corrected chi connectivity index (χ3v) is 3.73. The zero-order valence-electron chi connectivity index (χ0n) is 14.0. The molecule has 2 aromatic carbocycles. The SMILES string of the molecule is CN(Cc1cnn(-c2ccccc2)c1)C(=O)c1cccc(OC(F)F)c1. The van der Waals surface area contributed by atoms with E-state index in [0.717, 1.165) is 11.3 Å². The van der Waals surface area contributed by atoms with E-state index >= 15 is 0 Å². The fraction of sp³-hybridized carbons (Fsp3) is 0.158. The summed E-state index contributed by atoms with van der Waals surface area (Å²) in [5, 5.41) is 4.29. The van der Waals surface area contributed by atoms with Gasteiger partial charge >= 0.3 is 6.61 Å². The molecule has 0 aliphatic heterocycles. The van der Waals surface area contributed by atoms with E-state index in [0.29, 0.717) is 6.54 Å². The monoisotopic (exact) mass is 357 g/mol. The first-order valence-electron chi connectivity index (χ1n) is 7.92. The maximum atomic E-state index is 12.5. The molecule has 3 aromatic rings. The Morgan fingerprint density at radius 1 is 1.19 bits per heavy atom. The molecule has 0 N–H and O–H groups in total. The lowest BCUT2D eigenvalue weighted by atomic mass is 10.2. The van der Waals surface area contributed by atoms with Crippen molar-refractivity contribution < 1.29 is 18.3 Å². The minimum atomic E-state index is -2.93. The Morgan fingerprint density at radius 2 is 1.96 bits per heavy atom. The van der Waals surface area contributed by atoms with Crippen LogP contribution in [0.1, 0.15) is 15.9 Å². The van der Waals surface area contributed by atoms with E-state index < -0.39 is 6.61 Å². The minimum Gasteiger partial charge on any atom is -0.435 e. The van der Waals surface area contributed by atoms with E-state index in [4.69, 9.17) is 0 Å². The Balaban J connectivity index is 1.69. The highest BCUT2D eigenvalue weighted by molar-refractivity contribution is 5.94.